The van der Waals surface area contributed by atoms with Crippen molar-refractivity contribution in [3.63, 3.8) is 0 Å². The van der Waals surface area contributed by atoms with Crippen LogP contribution in [0.5, 0.6) is 0 Å². The first-order valence-corrected chi connectivity index (χ1v) is 8.85. The molecule has 0 unspecified atom stereocenters. The zero-order valence-electron chi connectivity index (χ0n) is 14.9. The van der Waals surface area contributed by atoms with E-state index in [0.29, 0.717) is 37.9 Å². The van der Waals surface area contributed by atoms with E-state index in [1.807, 2.05) is 30.3 Å². The average Bonchev–Trinajstić information content (AvgIpc) is 3.11. The number of carbonyl (C=O) groups is 2. The molecular weight excluding hydrogens is 332 g/mol. The van der Waals surface area contributed by atoms with Crippen LogP contribution >= 0.6 is 0 Å². The summed E-state index contributed by atoms with van der Waals surface area (Å²) in [5.74, 6) is 0.250. The summed E-state index contributed by atoms with van der Waals surface area (Å²) in [4.78, 5) is 26.0. The third-order valence-corrected chi connectivity index (χ3v) is 4.68. The number of likely N-dealkylation sites (tertiary alicyclic amines) is 1. The van der Waals surface area contributed by atoms with Crippen LogP contribution in [0.4, 0.5) is 4.79 Å². The molecule has 0 atom stereocenters. The van der Waals surface area contributed by atoms with Crippen molar-refractivity contribution in [3.05, 3.63) is 53.9 Å². The van der Waals surface area contributed by atoms with Crippen LogP contribution in [0.1, 0.15) is 28.9 Å². The minimum atomic E-state index is -0.272. The molecule has 2 aromatic rings. The van der Waals surface area contributed by atoms with Gasteiger partial charge in [0, 0.05) is 32.9 Å². The van der Waals surface area contributed by atoms with Crippen molar-refractivity contribution < 1.29 is 14.3 Å². The van der Waals surface area contributed by atoms with Crippen molar-refractivity contribution in [3.8, 4) is 0 Å². The minimum Gasteiger partial charge on any atom is -0.445 e. The lowest BCUT2D eigenvalue weighted by Gasteiger charge is -2.31. The van der Waals surface area contributed by atoms with E-state index in [1.165, 1.54) is 0 Å². The molecule has 0 spiro atoms. The van der Waals surface area contributed by atoms with Crippen LogP contribution in [0.25, 0.3) is 0 Å². The normalized spacial score (nSPS) is 14.9. The molecule has 1 aliphatic rings. The third kappa shape index (κ3) is 4.62. The highest BCUT2D eigenvalue weighted by Gasteiger charge is 2.24. The molecule has 1 saturated heterocycles. The number of hydrogen-bond donors (Lipinski definition) is 1. The molecule has 2 heterocycles. The van der Waals surface area contributed by atoms with Gasteiger partial charge in [0.1, 0.15) is 12.3 Å². The van der Waals surface area contributed by atoms with E-state index in [4.69, 9.17) is 4.74 Å². The Bertz CT molecular complexity index is 736. The summed E-state index contributed by atoms with van der Waals surface area (Å²) in [5, 5.41) is 6.95. The van der Waals surface area contributed by atoms with Gasteiger partial charge in [-0.1, -0.05) is 30.3 Å². The van der Waals surface area contributed by atoms with Crippen molar-refractivity contribution in [2.45, 2.75) is 19.4 Å². The van der Waals surface area contributed by atoms with E-state index in [0.717, 1.165) is 18.4 Å². The second-order valence-electron chi connectivity index (χ2n) is 6.52. The Labute approximate surface area is 152 Å². The van der Waals surface area contributed by atoms with E-state index in [2.05, 4.69) is 10.4 Å². The number of aromatic nitrogens is 2. The molecule has 1 N–H and O–H groups in total. The number of carbonyl (C=O) groups excluding carboxylic acids is 2. The van der Waals surface area contributed by atoms with Gasteiger partial charge in [-0.2, -0.15) is 5.10 Å². The molecule has 0 saturated carbocycles. The number of hydrogen-bond acceptors (Lipinski definition) is 4. The highest BCUT2D eigenvalue weighted by molar-refractivity contribution is 5.92. The summed E-state index contributed by atoms with van der Waals surface area (Å²) >= 11 is 0. The first-order valence-electron chi connectivity index (χ1n) is 8.85. The molecule has 1 aromatic heterocycles. The molecule has 138 valence electrons. The van der Waals surface area contributed by atoms with Crippen molar-refractivity contribution in [1.82, 2.24) is 20.0 Å². The maximum Gasteiger partial charge on any atom is 0.410 e. The Morgan fingerprint density at radius 2 is 1.92 bits per heavy atom. The van der Waals surface area contributed by atoms with Gasteiger partial charge in [-0.05, 0) is 30.4 Å². The molecule has 0 radical (unpaired) electrons. The van der Waals surface area contributed by atoms with E-state index in [9.17, 15) is 9.59 Å². The molecular formula is C19H24N4O3. The lowest BCUT2D eigenvalue weighted by molar-refractivity contribution is 0.0799. The van der Waals surface area contributed by atoms with Crippen LogP contribution in [0.15, 0.2) is 42.6 Å². The maximum absolute atomic E-state index is 12.2. The average molecular weight is 356 g/mol. The maximum atomic E-state index is 12.2. The Balaban J connectivity index is 1.38. The van der Waals surface area contributed by atoms with Crippen LogP contribution in [0, 0.1) is 5.92 Å². The number of nitrogens with zero attached hydrogens (tertiary/aromatic N) is 3. The number of amides is 2. The lowest BCUT2D eigenvalue weighted by atomic mass is 9.97. The van der Waals surface area contributed by atoms with Crippen LogP contribution in [-0.4, -0.2) is 46.3 Å². The number of nitrogens with one attached hydrogen (secondary N) is 1. The predicted octanol–water partition coefficient (Wildman–Crippen LogP) is 2.20. The van der Waals surface area contributed by atoms with Gasteiger partial charge < -0.3 is 15.0 Å². The minimum absolute atomic E-state index is 0.116. The van der Waals surface area contributed by atoms with Gasteiger partial charge in [-0.3, -0.25) is 9.48 Å². The quantitative estimate of drug-likeness (QED) is 0.891. The number of piperidine rings is 1. The lowest BCUT2D eigenvalue weighted by Crippen LogP contribution is -2.41. The molecule has 7 nitrogen and oxygen atoms in total. The van der Waals surface area contributed by atoms with Crippen LogP contribution in [0.2, 0.25) is 0 Å². The zero-order valence-corrected chi connectivity index (χ0v) is 14.9. The van der Waals surface area contributed by atoms with Gasteiger partial charge in [-0.25, -0.2) is 4.79 Å². The highest BCUT2D eigenvalue weighted by atomic mass is 16.6. The van der Waals surface area contributed by atoms with Gasteiger partial charge in [0.2, 0.25) is 0 Å². The van der Waals surface area contributed by atoms with E-state index in [-0.39, 0.29) is 12.0 Å². The molecule has 3 rings (SSSR count). The Morgan fingerprint density at radius 3 is 2.58 bits per heavy atom. The highest BCUT2D eigenvalue weighted by Crippen LogP contribution is 2.17. The fraction of sp³-hybridized carbons (Fsp3) is 0.421. The summed E-state index contributed by atoms with van der Waals surface area (Å²) in [6, 6.07) is 11.3. The van der Waals surface area contributed by atoms with E-state index in [1.54, 1.807) is 28.9 Å². The Hall–Kier alpha value is -2.83. The zero-order chi connectivity index (χ0) is 18.4. The SMILES string of the molecule is Cn1nccc1C(=O)NCC1CCN(C(=O)OCc2ccccc2)CC1. The Morgan fingerprint density at radius 1 is 1.19 bits per heavy atom. The standard InChI is InChI=1S/C19H24N4O3/c1-22-17(7-10-21-22)18(24)20-13-15-8-11-23(12-9-15)19(25)26-14-16-5-3-2-4-6-16/h2-7,10,15H,8-9,11-14H2,1H3,(H,20,24). The number of ether oxygens (including phenoxy) is 1. The molecule has 0 aliphatic carbocycles. The van der Waals surface area contributed by atoms with Crippen molar-refractivity contribution in [2.24, 2.45) is 13.0 Å². The molecule has 1 fully saturated rings. The van der Waals surface area contributed by atoms with Crippen LogP contribution in [0.3, 0.4) is 0 Å². The molecule has 1 aromatic carbocycles. The largest absolute Gasteiger partial charge is 0.445 e. The van der Waals surface area contributed by atoms with Crippen molar-refractivity contribution >= 4 is 12.0 Å². The summed E-state index contributed by atoms with van der Waals surface area (Å²) in [6.45, 7) is 2.21. The van der Waals surface area contributed by atoms with Crippen molar-refractivity contribution in [1.29, 1.82) is 0 Å². The van der Waals surface area contributed by atoms with E-state index >= 15 is 0 Å². The monoisotopic (exact) mass is 356 g/mol. The summed E-state index contributed by atoms with van der Waals surface area (Å²) in [6.07, 6.45) is 3.04. The van der Waals surface area contributed by atoms with Gasteiger partial charge in [-0.15, -0.1) is 0 Å². The second-order valence-corrected chi connectivity index (χ2v) is 6.52. The first-order chi connectivity index (χ1) is 12.6. The number of rotatable bonds is 5. The number of benzene rings is 1. The summed E-state index contributed by atoms with van der Waals surface area (Å²) in [7, 11) is 1.74. The summed E-state index contributed by atoms with van der Waals surface area (Å²) in [5.41, 5.74) is 1.53. The summed E-state index contributed by atoms with van der Waals surface area (Å²) < 4.78 is 6.93. The van der Waals surface area contributed by atoms with Gasteiger partial charge in [0.25, 0.3) is 5.91 Å². The fourth-order valence-electron chi connectivity index (χ4n) is 3.05. The Kier molecular flexibility index (Phi) is 5.88. The van der Waals surface area contributed by atoms with Crippen molar-refractivity contribution in [2.75, 3.05) is 19.6 Å². The van der Waals surface area contributed by atoms with Gasteiger partial charge >= 0.3 is 6.09 Å². The molecule has 2 amide bonds. The molecule has 7 heteroatoms. The topological polar surface area (TPSA) is 76.5 Å². The second kappa shape index (κ2) is 8.51. The van der Waals surface area contributed by atoms with Gasteiger partial charge in [0.05, 0.1) is 0 Å². The molecule has 26 heavy (non-hydrogen) atoms. The van der Waals surface area contributed by atoms with Crippen LogP contribution in [-0.2, 0) is 18.4 Å². The predicted molar refractivity (Wildman–Crippen MR) is 96.5 cm³/mol. The number of aryl methyl sites for hydroxylation is 1. The fourth-order valence-corrected chi connectivity index (χ4v) is 3.05. The van der Waals surface area contributed by atoms with Crippen LogP contribution < -0.4 is 5.32 Å². The molecule has 1 aliphatic heterocycles. The molecule has 0 bridgehead atoms. The third-order valence-electron chi connectivity index (χ3n) is 4.68. The smallest absolute Gasteiger partial charge is 0.410 e. The van der Waals surface area contributed by atoms with E-state index < -0.39 is 0 Å². The van der Waals surface area contributed by atoms with Gasteiger partial charge in [0.15, 0.2) is 0 Å². The first kappa shape index (κ1) is 18.0.